The zero-order valence-corrected chi connectivity index (χ0v) is 14.5. The highest BCUT2D eigenvalue weighted by Gasteiger charge is 2.20. The SMILES string of the molecule is CC(Oc1ccc(F)cc1)C(=O)NC(CCC(=O)O)Cc1ccccc1. The first-order valence-corrected chi connectivity index (χ1v) is 8.42. The topological polar surface area (TPSA) is 75.6 Å². The van der Waals surface area contributed by atoms with E-state index in [4.69, 9.17) is 9.84 Å². The van der Waals surface area contributed by atoms with Crippen molar-refractivity contribution < 1.29 is 23.8 Å². The van der Waals surface area contributed by atoms with Gasteiger partial charge in [-0.2, -0.15) is 0 Å². The van der Waals surface area contributed by atoms with Gasteiger partial charge in [0.25, 0.3) is 5.91 Å². The van der Waals surface area contributed by atoms with Crippen LogP contribution in [0.3, 0.4) is 0 Å². The third-order valence-corrected chi connectivity index (χ3v) is 3.87. The quantitative estimate of drug-likeness (QED) is 0.721. The number of carbonyl (C=O) groups excluding carboxylic acids is 1. The first-order valence-electron chi connectivity index (χ1n) is 8.42. The van der Waals surface area contributed by atoms with E-state index in [2.05, 4.69) is 5.32 Å². The normalized spacial score (nSPS) is 12.8. The minimum atomic E-state index is -0.909. The van der Waals surface area contributed by atoms with Crippen molar-refractivity contribution in [1.82, 2.24) is 5.32 Å². The van der Waals surface area contributed by atoms with Gasteiger partial charge in [-0.05, 0) is 49.6 Å². The zero-order valence-electron chi connectivity index (χ0n) is 14.5. The van der Waals surface area contributed by atoms with Gasteiger partial charge in [0, 0.05) is 12.5 Å². The van der Waals surface area contributed by atoms with Crippen molar-refractivity contribution in [3.63, 3.8) is 0 Å². The van der Waals surface area contributed by atoms with Crippen LogP contribution in [0.25, 0.3) is 0 Å². The maximum absolute atomic E-state index is 12.9. The molecule has 0 spiro atoms. The first-order chi connectivity index (χ1) is 12.4. The molecule has 2 aromatic rings. The number of benzene rings is 2. The molecule has 2 rings (SSSR count). The molecule has 0 bridgehead atoms. The van der Waals surface area contributed by atoms with E-state index in [0.29, 0.717) is 18.6 Å². The number of aliphatic carboxylic acids is 1. The molecule has 0 aliphatic heterocycles. The third-order valence-electron chi connectivity index (χ3n) is 3.87. The molecule has 26 heavy (non-hydrogen) atoms. The average molecular weight is 359 g/mol. The third kappa shape index (κ3) is 6.55. The van der Waals surface area contributed by atoms with Gasteiger partial charge in [-0.25, -0.2) is 4.39 Å². The van der Waals surface area contributed by atoms with Crippen LogP contribution in [-0.4, -0.2) is 29.1 Å². The monoisotopic (exact) mass is 359 g/mol. The highest BCUT2D eigenvalue weighted by Crippen LogP contribution is 2.14. The van der Waals surface area contributed by atoms with Gasteiger partial charge in [-0.3, -0.25) is 9.59 Å². The summed E-state index contributed by atoms with van der Waals surface area (Å²) in [4.78, 5) is 23.3. The predicted molar refractivity (Wildman–Crippen MR) is 95.4 cm³/mol. The summed E-state index contributed by atoms with van der Waals surface area (Å²) < 4.78 is 18.4. The molecule has 0 heterocycles. The van der Waals surface area contributed by atoms with E-state index < -0.39 is 12.1 Å². The van der Waals surface area contributed by atoms with E-state index in [1.54, 1.807) is 6.92 Å². The van der Waals surface area contributed by atoms with Gasteiger partial charge in [0.15, 0.2) is 6.10 Å². The molecular formula is C20H22FNO4. The molecule has 0 aliphatic rings. The average Bonchev–Trinajstić information content (AvgIpc) is 2.62. The predicted octanol–water partition coefficient (Wildman–Crippen LogP) is 3.19. The van der Waals surface area contributed by atoms with Crippen LogP contribution >= 0.6 is 0 Å². The highest BCUT2D eigenvalue weighted by molar-refractivity contribution is 5.81. The van der Waals surface area contributed by atoms with E-state index >= 15 is 0 Å². The van der Waals surface area contributed by atoms with Crippen LogP contribution < -0.4 is 10.1 Å². The largest absolute Gasteiger partial charge is 0.481 e. The van der Waals surface area contributed by atoms with E-state index in [9.17, 15) is 14.0 Å². The lowest BCUT2D eigenvalue weighted by Gasteiger charge is -2.21. The molecule has 5 nitrogen and oxygen atoms in total. The lowest BCUT2D eigenvalue weighted by atomic mass is 10.0. The molecule has 138 valence electrons. The van der Waals surface area contributed by atoms with Crippen molar-refractivity contribution in [3.8, 4) is 5.75 Å². The number of hydrogen-bond donors (Lipinski definition) is 2. The maximum atomic E-state index is 12.9. The number of carboxylic acid groups (broad SMARTS) is 1. The molecule has 2 aromatic carbocycles. The molecule has 0 aromatic heterocycles. The van der Waals surface area contributed by atoms with Gasteiger partial charge >= 0.3 is 5.97 Å². The van der Waals surface area contributed by atoms with Gasteiger partial charge in [-0.1, -0.05) is 30.3 Å². The van der Waals surface area contributed by atoms with Crippen molar-refractivity contribution in [1.29, 1.82) is 0 Å². The highest BCUT2D eigenvalue weighted by atomic mass is 19.1. The number of ether oxygens (including phenoxy) is 1. The molecule has 0 saturated carbocycles. The van der Waals surface area contributed by atoms with E-state index in [-0.39, 0.29) is 24.2 Å². The summed E-state index contributed by atoms with van der Waals surface area (Å²) in [5.41, 5.74) is 1.01. The standard InChI is InChI=1S/C20H22FNO4/c1-14(26-18-10-7-16(21)8-11-18)20(25)22-17(9-12-19(23)24)13-15-5-3-2-4-6-15/h2-8,10-11,14,17H,9,12-13H2,1H3,(H,22,25)(H,23,24). The Morgan fingerprint density at radius 1 is 1.12 bits per heavy atom. The summed E-state index contributed by atoms with van der Waals surface area (Å²) in [5, 5.41) is 11.8. The van der Waals surface area contributed by atoms with E-state index in [1.807, 2.05) is 30.3 Å². The molecule has 0 aliphatic carbocycles. The molecule has 1 amide bonds. The molecule has 6 heteroatoms. The van der Waals surface area contributed by atoms with Crippen LogP contribution in [-0.2, 0) is 16.0 Å². The number of carboxylic acids is 1. The lowest BCUT2D eigenvalue weighted by molar-refractivity contribution is -0.137. The molecule has 0 saturated heterocycles. The van der Waals surface area contributed by atoms with Crippen LogP contribution in [0.5, 0.6) is 5.75 Å². The number of carbonyl (C=O) groups is 2. The van der Waals surface area contributed by atoms with E-state index in [1.165, 1.54) is 24.3 Å². The van der Waals surface area contributed by atoms with Crippen LogP contribution in [0.15, 0.2) is 54.6 Å². The maximum Gasteiger partial charge on any atom is 0.303 e. The van der Waals surface area contributed by atoms with Gasteiger partial charge in [-0.15, -0.1) is 0 Å². The Morgan fingerprint density at radius 2 is 1.77 bits per heavy atom. The van der Waals surface area contributed by atoms with E-state index in [0.717, 1.165) is 5.56 Å². The molecular weight excluding hydrogens is 337 g/mol. The smallest absolute Gasteiger partial charge is 0.303 e. The second kappa shape index (κ2) is 9.56. The fourth-order valence-electron chi connectivity index (χ4n) is 2.51. The Bertz CT molecular complexity index is 718. The Balaban J connectivity index is 1.96. The van der Waals surface area contributed by atoms with Crippen LogP contribution in [0.2, 0.25) is 0 Å². The second-order valence-electron chi connectivity index (χ2n) is 6.04. The van der Waals surface area contributed by atoms with Gasteiger partial charge in [0.2, 0.25) is 0 Å². The van der Waals surface area contributed by atoms with Crippen molar-refractivity contribution in [3.05, 3.63) is 66.0 Å². The first kappa shape index (κ1) is 19.4. The fraction of sp³-hybridized carbons (Fsp3) is 0.300. The number of halogens is 1. The molecule has 2 atom stereocenters. The Morgan fingerprint density at radius 3 is 2.38 bits per heavy atom. The van der Waals surface area contributed by atoms with Crippen LogP contribution in [0.1, 0.15) is 25.3 Å². The van der Waals surface area contributed by atoms with Crippen molar-refractivity contribution >= 4 is 11.9 Å². The molecule has 2 unspecified atom stereocenters. The number of nitrogens with one attached hydrogen (secondary N) is 1. The minimum absolute atomic E-state index is 0.0367. The summed E-state index contributed by atoms with van der Waals surface area (Å²) in [7, 11) is 0. The second-order valence-corrected chi connectivity index (χ2v) is 6.04. The summed E-state index contributed by atoms with van der Waals surface area (Å²) in [5.74, 6) is -1.25. The van der Waals surface area contributed by atoms with Gasteiger partial charge in [0.1, 0.15) is 11.6 Å². The number of amides is 1. The van der Waals surface area contributed by atoms with Gasteiger partial charge in [0.05, 0.1) is 0 Å². The summed E-state index contributed by atoms with van der Waals surface area (Å²) in [6, 6.07) is 14.6. The van der Waals surface area contributed by atoms with Gasteiger partial charge < -0.3 is 15.2 Å². The van der Waals surface area contributed by atoms with Crippen molar-refractivity contribution in [2.45, 2.75) is 38.3 Å². The fourth-order valence-corrected chi connectivity index (χ4v) is 2.51. The summed E-state index contributed by atoms with van der Waals surface area (Å²) in [6.45, 7) is 1.59. The van der Waals surface area contributed by atoms with Crippen molar-refractivity contribution in [2.24, 2.45) is 0 Å². The Kier molecular flexibility index (Phi) is 7.14. The Hall–Kier alpha value is -2.89. The molecule has 2 N–H and O–H groups in total. The van der Waals surface area contributed by atoms with Crippen LogP contribution in [0.4, 0.5) is 4.39 Å². The zero-order chi connectivity index (χ0) is 18.9. The van der Waals surface area contributed by atoms with Crippen molar-refractivity contribution in [2.75, 3.05) is 0 Å². The molecule has 0 radical (unpaired) electrons. The molecule has 0 fully saturated rings. The number of hydrogen-bond acceptors (Lipinski definition) is 3. The number of rotatable bonds is 9. The lowest BCUT2D eigenvalue weighted by Crippen LogP contribution is -2.43. The minimum Gasteiger partial charge on any atom is -0.481 e. The van der Waals surface area contributed by atoms with Crippen LogP contribution in [0, 0.1) is 5.82 Å². The summed E-state index contributed by atoms with van der Waals surface area (Å²) >= 11 is 0. The Labute approximate surface area is 151 Å². The summed E-state index contributed by atoms with van der Waals surface area (Å²) in [6.07, 6.45) is 0.0245.